The molecule has 0 saturated carbocycles. The minimum atomic E-state index is -0.520. The average molecular weight is 209 g/mol. The van der Waals surface area contributed by atoms with Crippen molar-refractivity contribution in [3.05, 3.63) is 40.7 Å². The first-order valence-electron chi connectivity index (χ1n) is 4.08. The molecule has 0 aliphatic heterocycles. The molecule has 2 aromatic rings. The minimum absolute atomic E-state index is 0.505. The molecule has 2 aromatic heterocycles. The average Bonchev–Trinajstić information content (AvgIpc) is 2.67. The van der Waals surface area contributed by atoms with Crippen LogP contribution in [0.5, 0.6) is 0 Å². The number of nitrogens with zero attached hydrogens (tertiary/aromatic N) is 2. The summed E-state index contributed by atoms with van der Waals surface area (Å²) in [4.78, 5) is 8.44. The summed E-state index contributed by atoms with van der Waals surface area (Å²) in [5.41, 5.74) is 0. The van der Waals surface area contributed by atoms with Crippen molar-refractivity contribution in [3.8, 4) is 0 Å². The zero-order valence-corrected chi connectivity index (χ0v) is 8.09. The molecule has 0 unspecified atom stereocenters. The quantitative estimate of drug-likeness (QED) is 0.788. The van der Waals surface area contributed by atoms with E-state index in [-0.39, 0.29) is 0 Å². The van der Waals surface area contributed by atoms with Gasteiger partial charge in [-0.1, -0.05) is 6.07 Å². The van der Waals surface area contributed by atoms with E-state index in [0.29, 0.717) is 12.4 Å². The lowest BCUT2D eigenvalue weighted by molar-refractivity contribution is 0.580. The second kappa shape index (κ2) is 4.15. The molecule has 72 valence electrons. The van der Waals surface area contributed by atoms with Crippen LogP contribution in [0.15, 0.2) is 29.9 Å². The molecule has 2 heterocycles. The van der Waals surface area contributed by atoms with Crippen LogP contribution in [0.4, 0.5) is 10.2 Å². The Kier molecular flexibility index (Phi) is 2.69. The number of thiophene rings is 1. The second-order valence-corrected chi connectivity index (χ2v) is 3.69. The van der Waals surface area contributed by atoms with E-state index in [4.69, 9.17) is 0 Å². The third kappa shape index (κ3) is 2.26. The topological polar surface area (TPSA) is 37.8 Å². The molecule has 2 rings (SSSR count). The number of nitrogens with one attached hydrogen (secondary N) is 1. The maximum atomic E-state index is 12.6. The molecule has 0 radical (unpaired) electrons. The first-order valence-corrected chi connectivity index (χ1v) is 4.96. The van der Waals surface area contributed by atoms with Gasteiger partial charge in [0.1, 0.15) is 12.1 Å². The van der Waals surface area contributed by atoms with Gasteiger partial charge in [-0.2, -0.15) is 4.39 Å². The summed E-state index contributed by atoms with van der Waals surface area (Å²) in [6, 6.07) is 5.26. The zero-order valence-electron chi connectivity index (χ0n) is 7.27. The van der Waals surface area contributed by atoms with Crippen LogP contribution in [0.3, 0.4) is 0 Å². The van der Waals surface area contributed by atoms with Crippen LogP contribution in [-0.4, -0.2) is 9.97 Å². The molecule has 5 heteroatoms. The summed E-state index contributed by atoms with van der Waals surface area (Å²) in [7, 11) is 0. The molecule has 0 fully saturated rings. The summed E-state index contributed by atoms with van der Waals surface area (Å²) >= 11 is 1.65. The number of aromatic nitrogens is 2. The normalized spacial score (nSPS) is 10.1. The number of rotatable bonds is 3. The molecule has 0 aliphatic rings. The molecule has 0 amide bonds. The van der Waals surface area contributed by atoms with Gasteiger partial charge in [-0.15, -0.1) is 11.3 Å². The number of halogens is 1. The van der Waals surface area contributed by atoms with Crippen molar-refractivity contribution in [1.82, 2.24) is 9.97 Å². The Hall–Kier alpha value is -1.49. The summed E-state index contributed by atoms with van der Waals surface area (Å²) in [6.07, 6.45) is 1.20. The van der Waals surface area contributed by atoms with Crippen molar-refractivity contribution in [2.24, 2.45) is 0 Å². The maximum Gasteiger partial charge on any atom is 0.217 e. The summed E-state index contributed by atoms with van der Waals surface area (Å²) in [6.45, 7) is 0.661. The first-order chi connectivity index (χ1) is 6.84. The molecule has 0 aromatic carbocycles. The molecular formula is C9H8FN3S. The Morgan fingerprint density at radius 2 is 2.36 bits per heavy atom. The lowest BCUT2D eigenvalue weighted by Gasteiger charge is -2.02. The highest BCUT2D eigenvalue weighted by Gasteiger charge is 1.97. The first kappa shape index (κ1) is 9.08. The molecule has 3 nitrogen and oxygen atoms in total. The SMILES string of the molecule is Fc1cc(NCc2cccs2)ncn1. The third-order valence-electron chi connectivity index (χ3n) is 1.66. The van der Waals surface area contributed by atoms with Crippen molar-refractivity contribution >= 4 is 17.2 Å². The molecule has 1 N–H and O–H groups in total. The summed E-state index contributed by atoms with van der Waals surface area (Å²) < 4.78 is 12.6. The van der Waals surface area contributed by atoms with Crippen LogP contribution in [0.25, 0.3) is 0 Å². The van der Waals surface area contributed by atoms with E-state index in [0.717, 1.165) is 0 Å². The fraction of sp³-hybridized carbons (Fsp3) is 0.111. The van der Waals surface area contributed by atoms with E-state index in [1.807, 2.05) is 17.5 Å². The zero-order chi connectivity index (χ0) is 9.80. The van der Waals surface area contributed by atoms with Crippen LogP contribution in [0.2, 0.25) is 0 Å². The van der Waals surface area contributed by atoms with Crippen molar-refractivity contribution < 1.29 is 4.39 Å². The van der Waals surface area contributed by atoms with Gasteiger partial charge in [0.2, 0.25) is 5.95 Å². The molecule has 0 bridgehead atoms. The minimum Gasteiger partial charge on any atom is -0.365 e. The van der Waals surface area contributed by atoms with E-state index in [1.165, 1.54) is 17.3 Å². The van der Waals surface area contributed by atoms with Crippen LogP contribution in [-0.2, 0) is 6.54 Å². The van der Waals surface area contributed by atoms with Crippen LogP contribution >= 0.6 is 11.3 Å². The van der Waals surface area contributed by atoms with Gasteiger partial charge in [0.25, 0.3) is 0 Å². The van der Waals surface area contributed by atoms with E-state index in [9.17, 15) is 4.39 Å². The highest BCUT2D eigenvalue weighted by Crippen LogP contribution is 2.11. The number of hydrogen-bond donors (Lipinski definition) is 1. The largest absolute Gasteiger partial charge is 0.365 e. The van der Waals surface area contributed by atoms with Gasteiger partial charge in [0.05, 0.1) is 6.54 Å². The van der Waals surface area contributed by atoms with E-state index < -0.39 is 5.95 Å². The lowest BCUT2D eigenvalue weighted by atomic mass is 10.4. The van der Waals surface area contributed by atoms with E-state index in [2.05, 4.69) is 15.3 Å². The Labute approximate surface area is 84.6 Å². The van der Waals surface area contributed by atoms with Crippen LogP contribution in [0.1, 0.15) is 4.88 Å². The monoisotopic (exact) mass is 209 g/mol. The Balaban J connectivity index is 1.98. The van der Waals surface area contributed by atoms with Gasteiger partial charge in [-0.05, 0) is 11.4 Å². The van der Waals surface area contributed by atoms with Gasteiger partial charge in [0.15, 0.2) is 0 Å². The molecular weight excluding hydrogens is 201 g/mol. The standard InChI is InChI=1S/C9H8FN3S/c10-8-4-9(13-6-12-8)11-5-7-2-1-3-14-7/h1-4,6H,5H2,(H,11,12,13). The maximum absolute atomic E-state index is 12.6. The van der Waals surface area contributed by atoms with E-state index in [1.54, 1.807) is 11.3 Å². The number of anilines is 1. The molecule has 0 aliphatic carbocycles. The lowest BCUT2D eigenvalue weighted by Crippen LogP contribution is -2.00. The van der Waals surface area contributed by atoms with Gasteiger partial charge in [-0.25, -0.2) is 9.97 Å². The highest BCUT2D eigenvalue weighted by atomic mass is 32.1. The summed E-state index contributed by atoms with van der Waals surface area (Å²) in [5.74, 6) is -0.0143. The molecule has 14 heavy (non-hydrogen) atoms. The van der Waals surface area contributed by atoms with E-state index >= 15 is 0 Å². The Morgan fingerprint density at radius 3 is 3.07 bits per heavy atom. The van der Waals surface area contributed by atoms with Crippen molar-refractivity contribution in [3.63, 3.8) is 0 Å². The highest BCUT2D eigenvalue weighted by molar-refractivity contribution is 7.09. The Morgan fingerprint density at radius 1 is 1.43 bits per heavy atom. The van der Waals surface area contributed by atoms with Gasteiger partial charge >= 0.3 is 0 Å². The Bertz CT molecular complexity index is 402. The summed E-state index contributed by atoms with van der Waals surface area (Å²) in [5, 5.41) is 5.00. The second-order valence-electron chi connectivity index (χ2n) is 2.66. The van der Waals surface area contributed by atoms with Crippen molar-refractivity contribution in [2.75, 3.05) is 5.32 Å². The van der Waals surface area contributed by atoms with Crippen molar-refractivity contribution in [1.29, 1.82) is 0 Å². The predicted molar refractivity (Wildman–Crippen MR) is 53.6 cm³/mol. The third-order valence-corrected chi connectivity index (χ3v) is 2.53. The smallest absolute Gasteiger partial charge is 0.217 e. The van der Waals surface area contributed by atoms with Gasteiger partial charge in [0, 0.05) is 10.9 Å². The number of hydrogen-bond acceptors (Lipinski definition) is 4. The van der Waals surface area contributed by atoms with Gasteiger partial charge < -0.3 is 5.32 Å². The van der Waals surface area contributed by atoms with Crippen molar-refractivity contribution in [2.45, 2.75) is 6.54 Å². The van der Waals surface area contributed by atoms with Crippen LogP contribution < -0.4 is 5.32 Å². The van der Waals surface area contributed by atoms with Crippen LogP contribution in [0, 0.1) is 5.95 Å². The molecule has 0 saturated heterocycles. The fourth-order valence-corrected chi connectivity index (χ4v) is 1.67. The van der Waals surface area contributed by atoms with Gasteiger partial charge in [-0.3, -0.25) is 0 Å². The predicted octanol–water partition coefficient (Wildman–Crippen LogP) is 2.29. The molecule has 0 spiro atoms. The fourth-order valence-electron chi connectivity index (χ4n) is 1.02. The molecule has 0 atom stereocenters.